The molecule has 1 aliphatic carbocycles. The summed E-state index contributed by atoms with van der Waals surface area (Å²) in [5, 5.41) is 0. The molecule has 1 aliphatic rings. The molecule has 0 aliphatic heterocycles. The summed E-state index contributed by atoms with van der Waals surface area (Å²) in [5.74, 6) is -0.421. The van der Waals surface area contributed by atoms with Crippen LogP contribution in [0.4, 0.5) is 0 Å². The number of allylic oxidation sites excluding steroid dienone is 1. The van der Waals surface area contributed by atoms with Gasteiger partial charge in [-0.2, -0.15) is 0 Å². The van der Waals surface area contributed by atoms with Gasteiger partial charge in [0.1, 0.15) is 6.10 Å². The number of ether oxygens (including phenoxy) is 4. The Morgan fingerprint density at radius 3 is 1.57 bits per heavy atom. The predicted molar refractivity (Wildman–Crippen MR) is 236 cm³/mol. The number of unbranched alkanes of at least 4 members (excludes halogenated alkanes) is 21. The Balaban J connectivity index is 2.15. The monoisotopic (exact) mass is 792 g/mol. The zero-order valence-corrected chi connectivity index (χ0v) is 37.7. The van der Waals surface area contributed by atoms with E-state index in [-0.39, 0.29) is 23.8 Å². The van der Waals surface area contributed by atoms with Gasteiger partial charge in [-0.3, -0.25) is 9.59 Å². The van der Waals surface area contributed by atoms with Crippen molar-refractivity contribution >= 4 is 11.9 Å². The maximum Gasteiger partial charge on any atom is 0.309 e. The van der Waals surface area contributed by atoms with Crippen molar-refractivity contribution in [1.82, 2.24) is 4.90 Å². The van der Waals surface area contributed by atoms with E-state index in [4.69, 9.17) is 18.9 Å². The first-order valence-corrected chi connectivity index (χ1v) is 24.3. The van der Waals surface area contributed by atoms with E-state index in [2.05, 4.69) is 38.9 Å². The fraction of sp³-hybridized carbons (Fsp3) is 0.918. The molecule has 0 bridgehead atoms. The van der Waals surface area contributed by atoms with Gasteiger partial charge in [0.25, 0.3) is 0 Å². The van der Waals surface area contributed by atoms with Crippen LogP contribution in [0.1, 0.15) is 239 Å². The van der Waals surface area contributed by atoms with Crippen LogP contribution >= 0.6 is 0 Å². The van der Waals surface area contributed by atoms with E-state index in [0.29, 0.717) is 19.4 Å². The Morgan fingerprint density at radius 1 is 0.554 bits per heavy atom. The minimum Gasteiger partial charge on any atom is -0.465 e. The smallest absolute Gasteiger partial charge is 0.309 e. The molecule has 0 aromatic heterocycles. The summed E-state index contributed by atoms with van der Waals surface area (Å²) in [4.78, 5) is 26.6. The molecule has 0 aromatic rings. The zero-order valence-electron chi connectivity index (χ0n) is 37.7. The van der Waals surface area contributed by atoms with E-state index in [1.165, 1.54) is 135 Å². The van der Waals surface area contributed by atoms with Gasteiger partial charge in [-0.25, -0.2) is 0 Å². The quantitative estimate of drug-likeness (QED) is 0.0264. The number of esters is 2. The highest BCUT2D eigenvalue weighted by Gasteiger charge is 2.33. The van der Waals surface area contributed by atoms with Gasteiger partial charge >= 0.3 is 11.9 Å². The lowest BCUT2D eigenvalue weighted by Gasteiger charge is -2.37. The van der Waals surface area contributed by atoms with Crippen LogP contribution in [0.3, 0.4) is 0 Å². The van der Waals surface area contributed by atoms with Crippen molar-refractivity contribution in [2.45, 2.75) is 250 Å². The van der Waals surface area contributed by atoms with E-state index in [1.807, 2.05) is 6.08 Å². The fourth-order valence-electron chi connectivity index (χ4n) is 7.81. The molecule has 1 fully saturated rings. The largest absolute Gasteiger partial charge is 0.465 e. The van der Waals surface area contributed by atoms with E-state index in [1.54, 1.807) is 0 Å². The first-order valence-electron chi connectivity index (χ1n) is 24.3. The Morgan fingerprint density at radius 2 is 1.04 bits per heavy atom. The van der Waals surface area contributed by atoms with E-state index >= 15 is 0 Å². The van der Waals surface area contributed by atoms with Crippen LogP contribution in [-0.2, 0) is 28.5 Å². The summed E-state index contributed by atoms with van der Waals surface area (Å²) in [7, 11) is 4.10. The van der Waals surface area contributed by atoms with Gasteiger partial charge in [-0.1, -0.05) is 148 Å². The van der Waals surface area contributed by atoms with E-state index in [0.717, 1.165) is 96.8 Å². The first kappa shape index (κ1) is 52.6. The molecule has 330 valence electrons. The van der Waals surface area contributed by atoms with Crippen LogP contribution in [0.15, 0.2) is 12.2 Å². The average Bonchev–Trinajstić information content (AvgIpc) is 3.18. The molecule has 1 unspecified atom stereocenters. The average molecular weight is 792 g/mol. The third kappa shape index (κ3) is 33.5. The Kier molecular flexibility index (Phi) is 36.7. The van der Waals surface area contributed by atoms with Crippen LogP contribution in [-0.4, -0.2) is 69.2 Å². The topological polar surface area (TPSA) is 74.3 Å². The SMILES string of the molecule is CCCCCC=CCC(=O)OCCCCCCCCCCC(CCCCCCCCCCOC1(OCCCCCCC)CCCCC1)OC(=O)CCCN(C)C. The van der Waals surface area contributed by atoms with Gasteiger partial charge in [-0.05, 0) is 97.7 Å². The number of nitrogens with zero attached hydrogens (tertiary/aromatic N) is 1. The van der Waals surface area contributed by atoms with Crippen molar-refractivity contribution in [2.75, 3.05) is 40.5 Å². The molecule has 0 heterocycles. The molecule has 0 amide bonds. The summed E-state index contributed by atoms with van der Waals surface area (Å²) in [6.07, 6.45) is 44.2. The first-order chi connectivity index (χ1) is 27.4. The molecule has 0 saturated heterocycles. The number of hydrogen-bond donors (Lipinski definition) is 0. The molecule has 0 radical (unpaired) electrons. The minimum absolute atomic E-state index is 0.0197. The Bertz CT molecular complexity index is 901. The second-order valence-electron chi connectivity index (χ2n) is 17.2. The number of carbonyl (C=O) groups excluding carboxylic acids is 2. The van der Waals surface area contributed by atoms with Crippen molar-refractivity contribution in [3.8, 4) is 0 Å². The Labute approximate surface area is 347 Å². The lowest BCUT2D eigenvalue weighted by molar-refractivity contribution is -0.253. The highest BCUT2D eigenvalue weighted by Crippen LogP contribution is 2.33. The third-order valence-electron chi connectivity index (χ3n) is 11.4. The summed E-state index contributed by atoms with van der Waals surface area (Å²) >= 11 is 0. The van der Waals surface area contributed by atoms with E-state index in [9.17, 15) is 9.59 Å². The summed E-state index contributed by atoms with van der Waals surface area (Å²) in [6, 6.07) is 0. The molecule has 1 rings (SSSR count). The molecular weight excluding hydrogens is 699 g/mol. The predicted octanol–water partition coefficient (Wildman–Crippen LogP) is 14.0. The Hall–Kier alpha value is -1.44. The second-order valence-corrected chi connectivity index (χ2v) is 17.2. The highest BCUT2D eigenvalue weighted by atomic mass is 16.7. The zero-order chi connectivity index (χ0) is 40.6. The van der Waals surface area contributed by atoms with Crippen LogP contribution in [0, 0.1) is 0 Å². The van der Waals surface area contributed by atoms with Gasteiger partial charge in [0.2, 0.25) is 0 Å². The molecule has 0 aromatic carbocycles. The van der Waals surface area contributed by atoms with Crippen molar-refractivity contribution in [3.05, 3.63) is 12.2 Å². The molecule has 1 saturated carbocycles. The van der Waals surface area contributed by atoms with Gasteiger partial charge in [0.05, 0.1) is 26.2 Å². The van der Waals surface area contributed by atoms with Crippen LogP contribution < -0.4 is 0 Å². The molecule has 0 N–H and O–H groups in total. The maximum atomic E-state index is 12.6. The number of hydrogen-bond acceptors (Lipinski definition) is 7. The second kappa shape index (κ2) is 39.0. The minimum atomic E-state index is -0.298. The number of rotatable bonds is 41. The van der Waals surface area contributed by atoms with Gasteiger partial charge in [-0.15, -0.1) is 0 Å². The number of carbonyl (C=O) groups is 2. The summed E-state index contributed by atoms with van der Waals surface area (Å²) in [5.41, 5.74) is 0. The van der Waals surface area contributed by atoms with Gasteiger partial charge in [0, 0.05) is 19.3 Å². The summed E-state index contributed by atoms with van der Waals surface area (Å²) < 4.78 is 24.3. The van der Waals surface area contributed by atoms with Crippen molar-refractivity contribution < 1.29 is 28.5 Å². The van der Waals surface area contributed by atoms with Gasteiger partial charge < -0.3 is 23.8 Å². The standard InChI is InChI=1S/C49H93NO6/c1-5-7-9-11-22-29-38-47(51)53-43-32-24-18-14-12-16-20-27-36-46(56-48(52)39-35-42-50(3)4)37-28-21-17-13-15-19-25-34-45-55-49(40-30-26-31-41-49)54-44-33-23-10-8-6-2/h22,29,46H,5-21,23-28,30-45H2,1-4H3. The van der Waals surface area contributed by atoms with Crippen LogP contribution in [0.25, 0.3) is 0 Å². The van der Waals surface area contributed by atoms with Crippen molar-refractivity contribution in [3.63, 3.8) is 0 Å². The molecule has 7 nitrogen and oxygen atoms in total. The lowest BCUT2D eigenvalue weighted by atomic mass is 9.94. The lowest BCUT2D eigenvalue weighted by Crippen LogP contribution is -2.38. The highest BCUT2D eigenvalue weighted by molar-refractivity contribution is 5.71. The molecular formula is C49H93NO6. The fourth-order valence-corrected chi connectivity index (χ4v) is 7.81. The van der Waals surface area contributed by atoms with Crippen LogP contribution in [0.2, 0.25) is 0 Å². The molecule has 7 heteroatoms. The van der Waals surface area contributed by atoms with Crippen molar-refractivity contribution in [2.24, 2.45) is 0 Å². The van der Waals surface area contributed by atoms with Crippen LogP contribution in [0.5, 0.6) is 0 Å². The third-order valence-corrected chi connectivity index (χ3v) is 11.4. The van der Waals surface area contributed by atoms with Gasteiger partial charge in [0.15, 0.2) is 5.79 Å². The molecule has 56 heavy (non-hydrogen) atoms. The van der Waals surface area contributed by atoms with Crippen molar-refractivity contribution in [1.29, 1.82) is 0 Å². The summed E-state index contributed by atoms with van der Waals surface area (Å²) in [6.45, 7) is 7.63. The maximum absolute atomic E-state index is 12.6. The molecule has 1 atom stereocenters. The molecule has 0 spiro atoms. The van der Waals surface area contributed by atoms with E-state index < -0.39 is 0 Å². The normalized spacial score (nSPS) is 14.8.